The summed E-state index contributed by atoms with van der Waals surface area (Å²) in [6.07, 6.45) is 3.08. The summed E-state index contributed by atoms with van der Waals surface area (Å²) in [5.41, 5.74) is 2.70. The van der Waals surface area contributed by atoms with Crippen molar-refractivity contribution >= 4 is 28.7 Å². The van der Waals surface area contributed by atoms with Crippen LogP contribution in [0.25, 0.3) is 0 Å². The Kier molecular flexibility index (Phi) is 3.74. The first kappa shape index (κ1) is 16.2. The standard InChI is InChI=1S/C20H19NO4S/c22-18(15-6-9-26-12-15)14-4-5-17-16(10-14)20(24-7-1-8-25-20)19(23)21(17)11-13-2-3-13/h4-6,9-10,12-13H,1-3,7-8,11H2. The minimum atomic E-state index is -1.38. The molecule has 3 aliphatic rings. The highest BCUT2D eigenvalue weighted by molar-refractivity contribution is 7.08. The maximum absolute atomic E-state index is 13.2. The summed E-state index contributed by atoms with van der Waals surface area (Å²) in [4.78, 5) is 27.7. The molecule has 3 heterocycles. The zero-order valence-electron chi connectivity index (χ0n) is 14.3. The molecular weight excluding hydrogens is 350 g/mol. The SMILES string of the molecule is O=C(c1ccsc1)c1ccc2c(c1)C1(OCCCO1)C(=O)N2CC1CC1. The van der Waals surface area contributed by atoms with Crippen LogP contribution >= 0.6 is 11.3 Å². The van der Waals surface area contributed by atoms with Crippen LogP contribution in [0.15, 0.2) is 35.0 Å². The molecule has 1 saturated heterocycles. The smallest absolute Gasteiger partial charge is 0.292 e. The summed E-state index contributed by atoms with van der Waals surface area (Å²) >= 11 is 1.49. The Morgan fingerprint density at radius 3 is 2.69 bits per heavy atom. The Balaban J connectivity index is 1.59. The third-order valence-corrected chi connectivity index (χ3v) is 5.93. The van der Waals surface area contributed by atoms with E-state index in [-0.39, 0.29) is 11.7 Å². The number of benzene rings is 1. The molecule has 6 heteroatoms. The van der Waals surface area contributed by atoms with Crippen LogP contribution < -0.4 is 4.90 Å². The van der Waals surface area contributed by atoms with Gasteiger partial charge in [-0.2, -0.15) is 11.3 Å². The number of fused-ring (bicyclic) bond motifs is 2. The lowest BCUT2D eigenvalue weighted by atomic mass is 9.99. The van der Waals surface area contributed by atoms with Gasteiger partial charge in [0, 0.05) is 28.6 Å². The topological polar surface area (TPSA) is 55.8 Å². The van der Waals surface area contributed by atoms with Crippen molar-refractivity contribution < 1.29 is 19.1 Å². The summed E-state index contributed by atoms with van der Waals surface area (Å²) in [7, 11) is 0. The van der Waals surface area contributed by atoms with E-state index in [0.717, 1.165) is 24.9 Å². The lowest BCUT2D eigenvalue weighted by molar-refractivity contribution is -0.256. The normalized spacial score (nSPS) is 21.2. The molecule has 2 fully saturated rings. The Bertz CT molecular complexity index is 866. The molecule has 5 nitrogen and oxygen atoms in total. The van der Waals surface area contributed by atoms with E-state index >= 15 is 0 Å². The molecule has 0 bridgehead atoms. The molecule has 5 rings (SSSR count). The van der Waals surface area contributed by atoms with Crippen LogP contribution in [-0.2, 0) is 20.1 Å². The van der Waals surface area contributed by atoms with Gasteiger partial charge in [-0.3, -0.25) is 9.59 Å². The first-order chi connectivity index (χ1) is 12.7. The molecule has 0 unspecified atom stereocenters. The van der Waals surface area contributed by atoms with Crippen molar-refractivity contribution in [3.8, 4) is 0 Å². The number of rotatable bonds is 4. The summed E-state index contributed by atoms with van der Waals surface area (Å²) in [5.74, 6) is -1.03. The molecule has 2 aromatic rings. The van der Waals surface area contributed by atoms with Crippen LogP contribution in [0, 0.1) is 5.92 Å². The Morgan fingerprint density at radius 1 is 1.19 bits per heavy atom. The van der Waals surface area contributed by atoms with E-state index < -0.39 is 5.79 Å². The van der Waals surface area contributed by atoms with E-state index in [1.807, 2.05) is 22.9 Å². The third-order valence-electron chi connectivity index (χ3n) is 5.25. The van der Waals surface area contributed by atoms with Crippen LogP contribution in [0.4, 0.5) is 5.69 Å². The molecule has 1 aliphatic carbocycles. The maximum atomic E-state index is 13.2. The van der Waals surface area contributed by atoms with Gasteiger partial charge in [0.15, 0.2) is 5.78 Å². The van der Waals surface area contributed by atoms with Gasteiger partial charge in [-0.15, -0.1) is 0 Å². The first-order valence-corrected chi connectivity index (χ1v) is 9.94. The molecule has 26 heavy (non-hydrogen) atoms. The van der Waals surface area contributed by atoms with Gasteiger partial charge in [0.25, 0.3) is 11.7 Å². The Hall–Kier alpha value is -2.02. The van der Waals surface area contributed by atoms with Crippen LogP contribution in [-0.4, -0.2) is 31.4 Å². The zero-order valence-corrected chi connectivity index (χ0v) is 15.1. The highest BCUT2D eigenvalue weighted by atomic mass is 32.1. The van der Waals surface area contributed by atoms with Crippen LogP contribution in [0.3, 0.4) is 0 Å². The van der Waals surface area contributed by atoms with Crippen molar-refractivity contribution in [2.75, 3.05) is 24.7 Å². The van der Waals surface area contributed by atoms with E-state index in [2.05, 4.69) is 0 Å². The average Bonchev–Trinajstić information content (AvgIpc) is 3.28. The number of ketones is 1. The van der Waals surface area contributed by atoms with Crippen molar-refractivity contribution in [3.05, 3.63) is 51.7 Å². The van der Waals surface area contributed by atoms with Gasteiger partial charge in [0.05, 0.1) is 18.9 Å². The van der Waals surface area contributed by atoms with Crippen molar-refractivity contribution in [1.82, 2.24) is 0 Å². The molecular formula is C20H19NO4S. The quantitative estimate of drug-likeness (QED) is 0.776. The molecule has 0 radical (unpaired) electrons. The third kappa shape index (κ3) is 2.44. The molecule has 2 aliphatic heterocycles. The predicted molar refractivity (Wildman–Crippen MR) is 97.5 cm³/mol. The molecule has 1 saturated carbocycles. The fourth-order valence-electron chi connectivity index (χ4n) is 3.69. The molecule has 0 atom stereocenters. The summed E-state index contributed by atoms with van der Waals surface area (Å²) in [6, 6.07) is 7.26. The van der Waals surface area contributed by atoms with E-state index in [1.165, 1.54) is 11.3 Å². The second kappa shape index (κ2) is 6.01. The fourth-order valence-corrected chi connectivity index (χ4v) is 4.33. The van der Waals surface area contributed by atoms with Crippen molar-refractivity contribution in [2.45, 2.75) is 25.0 Å². The van der Waals surface area contributed by atoms with Crippen LogP contribution in [0.5, 0.6) is 0 Å². The van der Waals surface area contributed by atoms with Gasteiger partial charge < -0.3 is 14.4 Å². The highest BCUT2D eigenvalue weighted by Gasteiger charge is 2.55. The number of anilines is 1. The number of ether oxygens (including phenoxy) is 2. The fraction of sp³-hybridized carbons (Fsp3) is 0.400. The second-order valence-corrected chi connectivity index (χ2v) is 7.88. The number of hydrogen-bond acceptors (Lipinski definition) is 5. The molecule has 1 amide bonds. The van der Waals surface area contributed by atoms with Crippen LogP contribution in [0.1, 0.15) is 40.7 Å². The molecule has 0 N–H and O–H groups in total. The number of carbonyl (C=O) groups is 2. The average molecular weight is 369 g/mol. The van der Waals surface area contributed by atoms with Gasteiger partial charge in [-0.1, -0.05) is 0 Å². The number of hydrogen-bond donors (Lipinski definition) is 0. The second-order valence-electron chi connectivity index (χ2n) is 7.10. The monoisotopic (exact) mass is 369 g/mol. The van der Waals surface area contributed by atoms with Gasteiger partial charge in [-0.05, 0) is 54.8 Å². The number of nitrogens with zero attached hydrogens (tertiary/aromatic N) is 1. The van der Waals surface area contributed by atoms with Gasteiger partial charge in [0.1, 0.15) is 0 Å². The van der Waals surface area contributed by atoms with Crippen molar-refractivity contribution in [3.63, 3.8) is 0 Å². The van der Waals surface area contributed by atoms with Crippen LogP contribution in [0.2, 0.25) is 0 Å². The summed E-state index contributed by atoms with van der Waals surface area (Å²) < 4.78 is 11.8. The summed E-state index contributed by atoms with van der Waals surface area (Å²) in [6.45, 7) is 1.65. The lowest BCUT2D eigenvalue weighted by Crippen LogP contribution is -2.47. The number of carbonyl (C=O) groups excluding carboxylic acids is 2. The zero-order chi connectivity index (χ0) is 17.7. The first-order valence-electron chi connectivity index (χ1n) is 9.00. The number of amides is 1. The van der Waals surface area contributed by atoms with Gasteiger partial charge in [-0.25, -0.2) is 0 Å². The van der Waals surface area contributed by atoms with Gasteiger partial charge >= 0.3 is 0 Å². The maximum Gasteiger partial charge on any atom is 0.292 e. The number of thiophene rings is 1. The van der Waals surface area contributed by atoms with Crippen molar-refractivity contribution in [2.24, 2.45) is 5.92 Å². The molecule has 134 valence electrons. The molecule has 1 spiro atoms. The Morgan fingerprint density at radius 2 is 2.00 bits per heavy atom. The molecule has 1 aromatic carbocycles. The van der Waals surface area contributed by atoms with E-state index in [0.29, 0.717) is 42.4 Å². The van der Waals surface area contributed by atoms with E-state index in [4.69, 9.17) is 9.47 Å². The van der Waals surface area contributed by atoms with E-state index in [9.17, 15) is 9.59 Å². The molecule has 1 aromatic heterocycles. The summed E-state index contributed by atoms with van der Waals surface area (Å²) in [5, 5.41) is 3.72. The minimum Gasteiger partial charge on any atom is -0.338 e. The minimum absolute atomic E-state index is 0.0481. The highest BCUT2D eigenvalue weighted by Crippen LogP contribution is 2.47. The van der Waals surface area contributed by atoms with E-state index in [1.54, 1.807) is 17.0 Å². The van der Waals surface area contributed by atoms with Crippen molar-refractivity contribution in [1.29, 1.82) is 0 Å². The van der Waals surface area contributed by atoms with Gasteiger partial charge in [0.2, 0.25) is 0 Å². The largest absolute Gasteiger partial charge is 0.338 e. The predicted octanol–water partition coefficient (Wildman–Crippen LogP) is 3.33. The lowest BCUT2D eigenvalue weighted by Gasteiger charge is -2.32. The Labute approximate surface area is 155 Å².